The number of nitrogens with one attached hydrogen (secondary N) is 1. The predicted molar refractivity (Wildman–Crippen MR) is 90.1 cm³/mol. The summed E-state index contributed by atoms with van der Waals surface area (Å²) in [7, 11) is 0. The first-order chi connectivity index (χ1) is 11.0. The fraction of sp³-hybridized carbons (Fsp3) is 0.118. The summed E-state index contributed by atoms with van der Waals surface area (Å²) in [5.74, 6) is -2.39. The third-order valence-corrected chi connectivity index (χ3v) is 4.82. The highest BCUT2D eigenvalue weighted by Crippen LogP contribution is 2.27. The minimum Gasteiger partial charge on any atom is -0.360 e. The molecule has 2 heterocycles. The van der Waals surface area contributed by atoms with Gasteiger partial charge in [-0.25, -0.2) is 0 Å². The molecule has 6 heteroatoms. The van der Waals surface area contributed by atoms with E-state index in [0.29, 0.717) is 20.2 Å². The van der Waals surface area contributed by atoms with Crippen LogP contribution in [0.4, 0.5) is 0 Å². The Labute approximate surface area is 141 Å². The zero-order chi connectivity index (χ0) is 16.6. The molecule has 0 bridgehead atoms. The minimum absolute atomic E-state index is 0.311. The van der Waals surface area contributed by atoms with Gasteiger partial charge < -0.3 is 4.98 Å². The first-order valence-electron chi connectivity index (χ1n) is 6.82. The molecular formula is C17H11ClN2O2S. The van der Waals surface area contributed by atoms with Crippen molar-refractivity contribution in [2.75, 3.05) is 0 Å². The Bertz CT molecular complexity index is 965. The number of rotatable bonds is 4. The van der Waals surface area contributed by atoms with Gasteiger partial charge in [-0.2, -0.15) is 5.26 Å². The van der Waals surface area contributed by atoms with Crippen LogP contribution in [0.1, 0.15) is 25.6 Å². The number of carbonyl (C=O) groups is 2. The van der Waals surface area contributed by atoms with Crippen LogP contribution in [0.25, 0.3) is 10.9 Å². The summed E-state index contributed by atoms with van der Waals surface area (Å²) in [6.07, 6.45) is 1.55. The lowest BCUT2D eigenvalue weighted by Crippen LogP contribution is -2.22. The molecule has 1 aromatic carbocycles. The summed E-state index contributed by atoms with van der Waals surface area (Å²) in [6, 6.07) is 10.5. The first-order valence-corrected chi connectivity index (χ1v) is 8.02. The molecule has 0 radical (unpaired) electrons. The molecule has 0 spiro atoms. The Morgan fingerprint density at radius 2 is 2.04 bits per heavy atom. The van der Waals surface area contributed by atoms with Crippen LogP contribution in [-0.4, -0.2) is 16.6 Å². The molecule has 3 rings (SSSR count). The van der Waals surface area contributed by atoms with Crippen molar-refractivity contribution in [3.8, 4) is 6.07 Å². The van der Waals surface area contributed by atoms with Crippen LogP contribution in [-0.2, 0) is 0 Å². The number of hydrogen-bond acceptors (Lipinski definition) is 4. The second kappa shape index (κ2) is 5.99. The Hall–Kier alpha value is -2.42. The molecule has 23 heavy (non-hydrogen) atoms. The van der Waals surface area contributed by atoms with Crippen molar-refractivity contribution < 1.29 is 9.59 Å². The molecule has 1 atom stereocenters. The predicted octanol–water partition coefficient (Wildman–Crippen LogP) is 4.40. The first kappa shape index (κ1) is 15.5. The number of nitrogens with zero attached hydrogens (tertiary/aromatic N) is 1. The Morgan fingerprint density at radius 1 is 1.26 bits per heavy atom. The quantitative estimate of drug-likeness (QED) is 0.564. The average molecular weight is 343 g/mol. The van der Waals surface area contributed by atoms with Crippen molar-refractivity contribution in [1.29, 1.82) is 5.26 Å². The van der Waals surface area contributed by atoms with E-state index in [-0.39, 0.29) is 0 Å². The molecule has 114 valence electrons. The standard InChI is InChI=1S/C17H11ClN2O2S/c1-9-2-3-10-12(8-20-13(10)6-9)16(21)11(7-19)17(22)14-4-5-15(18)23-14/h2-6,8,11,20H,1H3/t11-/m1/s1. The van der Waals surface area contributed by atoms with Gasteiger partial charge in [0.25, 0.3) is 0 Å². The lowest BCUT2D eigenvalue weighted by molar-refractivity contribution is 0.0849. The summed E-state index contributed by atoms with van der Waals surface area (Å²) in [6.45, 7) is 1.95. The second-order valence-corrected chi connectivity index (χ2v) is 6.86. The van der Waals surface area contributed by atoms with Crippen molar-refractivity contribution in [3.05, 3.63) is 56.9 Å². The summed E-state index contributed by atoms with van der Waals surface area (Å²) in [5.41, 5.74) is 2.21. The highest BCUT2D eigenvalue weighted by Gasteiger charge is 2.30. The van der Waals surface area contributed by atoms with E-state index in [0.717, 1.165) is 22.4 Å². The van der Waals surface area contributed by atoms with E-state index in [1.807, 2.05) is 31.2 Å². The van der Waals surface area contributed by atoms with E-state index in [9.17, 15) is 14.9 Å². The normalized spacial score (nSPS) is 12.0. The average Bonchev–Trinajstić information content (AvgIpc) is 3.13. The molecule has 1 N–H and O–H groups in total. The molecule has 0 aliphatic carbocycles. The van der Waals surface area contributed by atoms with E-state index in [1.54, 1.807) is 12.3 Å². The number of H-pyrrole nitrogens is 1. The molecule has 0 amide bonds. The SMILES string of the molecule is Cc1ccc2c(C(=O)[C@@H](C#N)C(=O)c3ccc(Cl)s3)c[nH]c2c1. The third kappa shape index (κ3) is 2.79. The van der Waals surface area contributed by atoms with Crippen LogP contribution >= 0.6 is 22.9 Å². The van der Waals surface area contributed by atoms with Crippen molar-refractivity contribution in [1.82, 2.24) is 4.98 Å². The highest BCUT2D eigenvalue weighted by molar-refractivity contribution is 7.18. The number of benzene rings is 1. The van der Waals surface area contributed by atoms with Gasteiger partial charge in [-0.05, 0) is 30.7 Å². The largest absolute Gasteiger partial charge is 0.360 e. The van der Waals surface area contributed by atoms with Gasteiger partial charge in [0.15, 0.2) is 17.5 Å². The van der Waals surface area contributed by atoms with Gasteiger partial charge in [0.1, 0.15) is 0 Å². The summed E-state index contributed by atoms with van der Waals surface area (Å²) in [4.78, 5) is 28.4. The Balaban J connectivity index is 1.99. The Morgan fingerprint density at radius 3 is 2.70 bits per heavy atom. The van der Waals surface area contributed by atoms with Gasteiger partial charge in [-0.3, -0.25) is 9.59 Å². The van der Waals surface area contributed by atoms with Crippen molar-refractivity contribution in [3.63, 3.8) is 0 Å². The number of ketones is 2. The maximum absolute atomic E-state index is 12.7. The number of halogens is 1. The molecule has 0 aliphatic rings. The number of hydrogen-bond donors (Lipinski definition) is 1. The highest BCUT2D eigenvalue weighted by atomic mass is 35.5. The molecule has 3 aromatic rings. The van der Waals surface area contributed by atoms with Gasteiger partial charge in [0.2, 0.25) is 0 Å². The van der Waals surface area contributed by atoms with E-state index in [4.69, 9.17) is 11.6 Å². The Kier molecular flexibility index (Phi) is 4.03. The number of aromatic nitrogens is 1. The maximum atomic E-state index is 12.7. The topological polar surface area (TPSA) is 73.7 Å². The zero-order valence-electron chi connectivity index (χ0n) is 12.1. The molecular weight excluding hydrogens is 332 g/mol. The monoisotopic (exact) mass is 342 g/mol. The molecule has 0 saturated carbocycles. The number of carbonyl (C=O) groups excluding carboxylic acids is 2. The number of thiophene rings is 1. The second-order valence-electron chi connectivity index (χ2n) is 5.15. The molecule has 2 aromatic heterocycles. The number of aryl methyl sites for hydroxylation is 1. The third-order valence-electron chi connectivity index (χ3n) is 3.57. The van der Waals surface area contributed by atoms with Gasteiger partial charge >= 0.3 is 0 Å². The van der Waals surface area contributed by atoms with Crippen molar-refractivity contribution in [2.45, 2.75) is 6.92 Å². The number of Topliss-reactive ketones (excluding diaryl/α,β-unsaturated/α-hetero) is 2. The summed E-state index contributed by atoms with van der Waals surface area (Å²) < 4.78 is 0.444. The van der Waals surface area contributed by atoms with Gasteiger partial charge in [-0.15, -0.1) is 11.3 Å². The fourth-order valence-electron chi connectivity index (χ4n) is 2.42. The smallest absolute Gasteiger partial charge is 0.197 e. The van der Waals surface area contributed by atoms with Crippen LogP contribution in [0.2, 0.25) is 4.34 Å². The van der Waals surface area contributed by atoms with Crippen LogP contribution < -0.4 is 0 Å². The van der Waals surface area contributed by atoms with E-state index < -0.39 is 17.5 Å². The van der Waals surface area contributed by atoms with Gasteiger partial charge in [0.05, 0.1) is 15.3 Å². The van der Waals surface area contributed by atoms with E-state index >= 15 is 0 Å². The lowest BCUT2D eigenvalue weighted by Gasteiger charge is -2.05. The van der Waals surface area contributed by atoms with Crippen LogP contribution in [0, 0.1) is 24.2 Å². The summed E-state index contributed by atoms with van der Waals surface area (Å²) >= 11 is 6.88. The van der Waals surface area contributed by atoms with E-state index in [2.05, 4.69) is 4.98 Å². The van der Waals surface area contributed by atoms with Gasteiger partial charge in [0, 0.05) is 22.7 Å². The summed E-state index contributed by atoms with van der Waals surface area (Å²) in [5, 5.41) is 10.0. The van der Waals surface area contributed by atoms with E-state index in [1.165, 1.54) is 6.07 Å². The van der Waals surface area contributed by atoms with Crippen LogP contribution in [0.15, 0.2) is 36.5 Å². The maximum Gasteiger partial charge on any atom is 0.197 e. The minimum atomic E-state index is -1.37. The van der Waals surface area contributed by atoms with Gasteiger partial charge in [-0.1, -0.05) is 23.7 Å². The molecule has 0 saturated heterocycles. The van der Waals surface area contributed by atoms with Crippen LogP contribution in [0.3, 0.4) is 0 Å². The van der Waals surface area contributed by atoms with Crippen LogP contribution in [0.5, 0.6) is 0 Å². The molecule has 4 nitrogen and oxygen atoms in total. The number of fused-ring (bicyclic) bond motifs is 1. The molecule has 0 unspecified atom stereocenters. The zero-order valence-corrected chi connectivity index (χ0v) is 13.7. The van der Waals surface area contributed by atoms with Crippen molar-refractivity contribution in [2.24, 2.45) is 5.92 Å². The number of aromatic amines is 1. The molecule has 0 aliphatic heterocycles. The number of nitriles is 1. The lowest BCUT2D eigenvalue weighted by atomic mass is 9.93. The molecule has 0 fully saturated rings. The van der Waals surface area contributed by atoms with Crippen molar-refractivity contribution >= 4 is 45.4 Å². The fourth-order valence-corrected chi connectivity index (χ4v) is 3.44.